The zero-order valence-electron chi connectivity index (χ0n) is 16.6. The summed E-state index contributed by atoms with van der Waals surface area (Å²) in [7, 11) is 0. The lowest BCUT2D eigenvalue weighted by Crippen LogP contribution is -2.45. The zero-order valence-corrected chi connectivity index (χ0v) is 16.6. The van der Waals surface area contributed by atoms with Crippen LogP contribution in [0.1, 0.15) is 39.5 Å². The number of nitrogens with zero attached hydrogens (tertiary/aromatic N) is 1. The van der Waals surface area contributed by atoms with Crippen molar-refractivity contribution < 1.29 is 27.9 Å². The fraction of sp³-hybridized carbons (Fsp3) is 0.571. The monoisotopic (exact) mass is 408 g/mol. The van der Waals surface area contributed by atoms with Crippen LogP contribution in [0.2, 0.25) is 0 Å². The van der Waals surface area contributed by atoms with Crippen LogP contribution in [0.3, 0.4) is 0 Å². The number of nitrogens with one attached hydrogen (secondary N) is 1. The van der Waals surface area contributed by atoms with Crippen molar-refractivity contribution in [2.24, 2.45) is 17.8 Å². The van der Waals surface area contributed by atoms with Crippen molar-refractivity contribution >= 4 is 23.5 Å². The standard InChI is InChI=1S/C21H26F2N2O4/c1-12-4-3-5-18(13(12)2)25-10-14(8-20(25)27)21(28)29-11-19(26)24-17-9-15(22)6-7-16(17)23/h6-7,9,12-14,18H,3-5,8,10-11H2,1-2H3,(H,24,26)/t12-,13-,14-,18-/m1/s1. The van der Waals surface area contributed by atoms with Crippen molar-refractivity contribution in [1.29, 1.82) is 0 Å². The van der Waals surface area contributed by atoms with Gasteiger partial charge in [-0.1, -0.05) is 26.7 Å². The SMILES string of the molecule is C[C@@H]1[C@H](C)CCC[C@H]1N1C[C@H](C(=O)OCC(=O)Nc2cc(F)ccc2F)CC1=O. The molecule has 6 nitrogen and oxygen atoms in total. The van der Waals surface area contributed by atoms with Crippen molar-refractivity contribution in [3.63, 3.8) is 0 Å². The average Bonchev–Trinajstić information content (AvgIpc) is 3.06. The summed E-state index contributed by atoms with van der Waals surface area (Å²) < 4.78 is 31.7. The molecule has 1 N–H and O–H groups in total. The molecule has 0 radical (unpaired) electrons. The maximum absolute atomic E-state index is 13.6. The molecule has 29 heavy (non-hydrogen) atoms. The highest BCUT2D eigenvalue weighted by molar-refractivity contribution is 5.93. The molecule has 0 spiro atoms. The van der Waals surface area contributed by atoms with Gasteiger partial charge in [0.15, 0.2) is 6.61 Å². The molecular formula is C21H26F2N2O4. The Labute approximate surface area is 168 Å². The van der Waals surface area contributed by atoms with E-state index in [4.69, 9.17) is 4.74 Å². The third-order valence-corrected chi connectivity index (χ3v) is 6.10. The summed E-state index contributed by atoms with van der Waals surface area (Å²) in [6.07, 6.45) is 3.20. The van der Waals surface area contributed by atoms with E-state index in [1.54, 1.807) is 4.90 Å². The first-order valence-corrected chi connectivity index (χ1v) is 9.97. The van der Waals surface area contributed by atoms with Crippen molar-refractivity contribution in [2.45, 2.75) is 45.6 Å². The Morgan fingerprint density at radius 2 is 2.00 bits per heavy atom. The molecule has 1 aliphatic heterocycles. The highest BCUT2D eigenvalue weighted by atomic mass is 19.1. The summed E-state index contributed by atoms with van der Waals surface area (Å²) in [5.41, 5.74) is -0.325. The van der Waals surface area contributed by atoms with Gasteiger partial charge in [-0.25, -0.2) is 8.78 Å². The Hall–Kier alpha value is -2.51. The minimum absolute atomic E-state index is 0.0656. The fourth-order valence-electron chi connectivity index (χ4n) is 4.24. The molecule has 0 unspecified atom stereocenters. The van der Waals surface area contributed by atoms with E-state index in [0.29, 0.717) is 18.4 Å². The topological polar surface area (TPSA) is 75.7 Å². The molecule has 2 fully saturated rings. The molecule has 3 rings (SSSR count). The predicted octanol–water partition coefficient (Wildman–Crippen LogP) is 3.12. The number of carbonyl (C=O) groups is 3. The summed E-state index contributed by atoms with van der Waals surface area (Å²) in [5, 5.41) is 2.17. The van der Waals surface area contributed by atoms with E-state index in [0.717, 1.165) is 37.5 Å². The van der Waals surface area contributed by atoms with E-state index in [1.165, 1.54) is 0 Å². The highest BCUT2D eigenvalue weighted by Crippen LogP contribution is 2.35. The Bertz CT molecular complexity index is 801. The van der Waals surface area contributed by atoms with Gasteiger partial charge in [0.1, 0.15) is 11.6 Å². The molecule has 1 saturated carbocycles. The van der Waals surface area contributed by atoms with E-state index in [-0.39, 0.29) is 24.1 Å². The van der Waals surface area contributed by atoms with Gasteiger partial charge in [0.05, 0.1) is 11.6 Å². The number of benzene rings is 1. The van der Waals surface area contributed by atoms with Gasteiger partial charge >= 0.3 is 5.97 Å². The van der Waals surface area contributed by atoms with E-state index >= 15 is 0 Å². The van der Waals surface area contributed by atoms with Gasteiger partial charge < -0.3 is 15.0 Å². The van der Waals surface area contributed by atoms with Crippen LogP contribution in [0.4, 0.5) is 14.5 Å². The van der Waals surface area contributed by atoms with Gasteiger partial charge in [0, 0.05) is 25.1 Å². The third kappa shape index (κ3) is 4.92. The smallest absolute Gasteiger partial charge is 0.311 e. The Balaban J connectivity index is 1.51. The van der Waals surface area contributed by atoms with Gasteiger partial charge in [-0.15, -0.1) is 0 Å². The third-order valence-electron chi connectivity index (χ3n) is 6.10. The maximum Gasteiger partial charge on any atom is 0.311 e. The first-order chi connectivity index (χ1) is 13.8. The number of esters is 1. The number of rotatable bonds is 5. The van der Waals surface area contributed by atoms with Gasteiger partial charge in [0.2, 0.25) is 5.91 Å². The molecule has 4 atom stereocenters. The lowest BCUT2D eigenvalue weighted by atomic mass is 9.77. The maximum atomic E-state index is 13.6. The molecule has 1 aromatic carbocycles. The number of likely N-dealkylation sites (tertiary alicyclic amines) is 1. The van der Waals surface area contributed by atoms with Crippen LogP contribution in [0.5, 0.6) is 0 Å². The van der Waals surface area contributed by atoms with Crippen molar-refractivity contribution in [3.8, 4) is 0 Å². The molecule has 2 amide bonds. The Morgan fingerprint density at radius 3 is 2.76 bits per heavy atom. The first kappa shape index (κ1) is 21.2. The van der Waals surface area contributed by atoms with E-state index in [2.05, 4.69) is 19.2 Å². The minimum atomic E-state index is -0.793. The molecule has 0 aromatic heterocycles. The van der Waals surface area contributed by atoms with Crippen LogP contribution in [-0.4, -0.2) is 41.9 Å². The van der Waals surface area contributed by atoms with E-state index < -0.39 is 36.0 Å². The lowest BCUT2D eigenvalue weighted by Gasteiger charge is -2.39. The summed E-state index contributed by atoms with van der Waals surface area (Å²) in [4.78, 5) is 38.5. The molecule has 0 bridgehead atoms. The molecule has 1 aliphatic carbocycles. The van der Waals surface area contributed by atoms with E-state index in [9.17, 15) is 23.2 Å². The predicted molar refractivity (Wildman–Crippen MR) is 102 cm³/mol. The van der Waals surface area contributed by atoms with Crippen molar-refractivity contribution in [1.82, 2.24) is 4.90 Å². The molecule has 1 heterocycles. The Kier molecular flexibility index (Phi) is 6.49. The molecule has 158 valence electrons. The van der Waals surface area contributed by atoms with Crippen LogP contribution >= 0.6 is 0 Å². The fourth-order valence-corrected chi connectivity index (χ4v) is 4.24. The van der Waals surface area contributed by atoms with Gasteiger partial charge in [-0.2, -0.15) is 0 Å². The first-order valence-electron chi connectivity index (χ1n) is 9.97. The number of anilines is 1. The number of hydrogen-bond acceptors (Lipinski definition) is 4. The molecule has 2 aliphatic rings. The van der Waals surface area contributed by atoms with Crippen LogP contribution in [0.25, 0.3) is 0 Å². The average molecular weight is 408 g/mol. The van der Waals surface area contributed by atoms with Crippen LogP contribution in [-0.2, 0) is 19.1 Å². The summed E-state index contributed by atoms with van der Waals surface area (Å²) >= 11 is 0. The molecule has 8 heteroatoms. The number of halogens is 2. The number of amides is 2. The second-order valence-electron chi connectivity index (χ2n) is 8.06. The van der Waals surface area contributed by atoms with Gasteiger partial charge in [0.25, 0.3) is 5.91 Å². The molecule has 1 aromatic rings. The number of hydrogen-bond donors (Lipinski definition) is 1. The quantitative estimate of drug-likeness (QED) is 0.760. The Morgan fingerprint density at radius 1 is 1.24 bits per heavy atom. The lowest BCUT2D eigenvalue weighted by molar-refractivity contribution is -0.151. The molecule has 1 saturated heterocycles. The second kappa shape index (κ2) is 8.88. The van der Waals surface area contributed by atoms with Crippen LogP contribution in [0, 0.1) is 29.4 Å². The largest absolute Gasteiger partial charge is 0.455 e. The van der Waals surface area contributed by atoms with E-state index in [1.807, 2.05) is 0 Å². The summed E-state index contributed by atoms with van der Waals surface area (Å²) in [6.45, 7) is 3.99. The zero-order chi connectivity index (χ0) is 21.1. The van der Waals surface area contributed by atoms with Crippen LogP contribution in [0.15, 0.2) is 18.2 Å². The summed E-state index contributed by atoms with van der Waals surface area (Å²) in [6, 6.07) is 2.79. The van der Waals surface area contributed by atoms with Crippen molar-refractivity contribution in [2.75, 3.05) is 18.5 Å². The second-order valence-corrected chi connectivity index (χ2v) is 8.06. The summed E-state index contributed by atoms with van der Waals surface area (Å²) in [5.74, 6) is -2.69. The van der Waals surface area contributed by atoms with Gasteiger partial charge in [-0.3, -0.25) is 14.4 Å². The molecular weight excluding hydrogens is 382 g/mol. The number of ether oxygens (including phenoxy) is 1. The normalized spacial score (nSPS) is 27.0. The number of carbonyl (C=O) groups excluding carboxylic acids is 3. The highest BCUT2D eigenvalue weighted by Gasteiger charge is 2.42. The minimum Gasteiger partial charge on any atom is -0.455 e. The van der Waals surface area contributed by atoms with Gasteiger partial charge in [-0.05, 0) is 30.4 Å². The van der Waals surface area contributed by atoms with Crippen molar-refractivity contribution in [3.05, 3.63) is 29.8 Å². The van der Waals surface area contributed by atoms with Crippen LogP contribution < -0.4 is 5.32 Å².